The molecule has 0 atom stereocenters. The normalized spacial score (nSPS) is 9.06. The van der Waals surface area contributed by atoms with Gasteiger partial charge in [-0.2, -0.15) is 0 Å². The van der Waals surface area contributed by atoms with Crippen molar-refractivity contribution in [3.8, 4) is 0 Å². The summed E-state index contributed by atoms with van der Waals surface area (Å²) < 4.78 is 4.59. The molecule has 0 heterocycles. The number of hydrogen-bond acceptors (Lipinski definition) is 4. The van der Waals surface area contributed by atoms with Crippen LogP contribution in [-0.4, -0.2) is 25.5 Å². The van der Waals surface area contributed by atoms with Gasteiger partial charge in [-0.05, 0) is 17.7 Å². The third kappa shape index (κ3) is 4.84. The minimum Gasteiger partial charge on any atom is -0.465 e. The van der Waals surface area contributed by atoms with Crippen LogP contribution >= 0.6 is 12.4 Å². The van der Waals surface area contributed by atoms with Gasteiger partial charge in [0.25, 0.3) is 0 Å². The summed E-state index contributed by atoms with van der Waals surface area (Å²) >= 11 is 0. The predicted octanol–water partition coefficient (Wildman–Crippen LogP) is 0.470. The molecular weight excluding hydrogens is 244 g/mol. The molecule has 6 heteroatoms. The van der Waals surface area contributed by atoms with Gasteiger partial charge >= 0.3 is 5.97 Å². The summed E-state index contributed by atoms with van der Waals surface area (Å²) in [4.78, 5) is 22.2. The van der Waals surface area contributed by atoms with Crippen LogP contribution in [0.2, 0.25) is 0 Å². The van der Waals surface area contributed by atoms with E-state index in [4.69, 9.17) is 5.73 Å². The maximum Gasteiger partial charge on any atom is 0.337 e. The van der Waals surface area contributed by atoms with Crippen LogP contribution in [0.1, 0.15) is 15.9 Å². The second-order valence-electron chi connectivity index (χ2n) is 3.17. The Balaban J connectivity index is 0.00000256. The van der Waals surface area contributed by atoms with E-state index >= 15 is 0 Å². The number of halogens is 1. The minimum absolute atomic E-state index is 0. The molecule has 1 aromatic carbocycles. The predicted molar refractivity (Wildman–Crippen MR) is 65.9 cm³/mol. The van der Waals surface area contributed by atoms with Crippen molar-refractivity contribution in [2.45, 2.75) is 6.54 Å². The quantitative estimate of drug-likeness (QED) is 0.770. The lowest BCUT2D eigenvalue weighted by Gasteiger charge is -2.05. The number of rotatable bonds is 4. The van der Waals surface area contributed by atoms with E-state index in [-0.39, 0.29) is 24.9 Å². The van der Waals surface area contributed by atoms with Crippen molar-refractivity contribution in [1.29, 1.82) is 0 Å². The van der Waals surface area contributed by atoms with Gasteiger partial charge in [-0.15, -0.1) is 12.4 Å². The van der Waals surface area contributed by atoms with Gasteiger partial charge < -0.3 is 15.8 Å². The maximum absolute atomic E-state index is 11.2. The summed E-state index contributed by atoms with van der Waals surface area (Å²) in [7, 11) is 1.32. The van der Waals surface area contributed by atoms with Crippen LogP contribution in [0.25, 0.3) is 0 Å². The second-order valence-corrected chi connectivity index (χ2v) is 3.17. The average Bonchev–Trinajstić information content (AvgIpc) is 2.35. The van der Waals surface area contributed by atoms with E-state index in [0.717, 1.165) is 5.56 Å². The Morgan fingerprint density at radius 3 is 2.71 bits per heavy atom. The first-order valence-electron chi connectivity index (χ1n) is 4.81. The number of amides is 1. The third-order valence-electron chi connectivity index (χ3n) is 2.02. The number of benzene rings is 1. The largest absolute Gasteiger partial charge is 0.465 e. The first-order chi connectivity index (χ1) is 7.67. The molecule has 1 aromatic rings. The molecule has 0 saturated heterocycles. The Hall–Kier alpha value is -1.59. The van der Waals surface area contributed by atoms with Crippen LogP contribution in [0.5, 0.6) is 0 Å². The van der Waals surface area contributed by atoms with Gasteiger partial charge in [0, 0.05) is 6.54 Å². The Labute approximate surface area is 106 Å². The van der Waals surface area contributed by atoms with Crippen molar-refractivity contribution in [2.75, 3.05) is 13.7 Å². The van der Waals surface area contributed by atoms with E-state index in [9.17, 15) is 9.59 Å². The van der Waals surface area contributed by atoms with Crippen LogP contribution in [0.3, 0.4) is 0 Å². The zero-order chi connectivity index (χ0) is 12.0. The van der Waals surface area contributed by atoms with Gasteiger partial charge in [-0.1, -0.05) is 12.1 Å². The summed E-state index contributed by atoms with van der Waals surface area (Å²) in [5, 5.41) is 2.62. The Bertz CT molecular complexity index is 396. The molecule has 1 rings (SSSR count). The Kier molecular flexibility index (Phi) is 6.93. The highest BCUT2D eigenvalue weighted by Crippen LogP contribution is 2.06. The molecule has 94 valence electrons. The third-order valence-corrected chi connectivity index (χ3v) is 2.02. The molecule has 0 spiro atoms. The molecule has 0 aliphatic carbocycles. The highest BCUT2D eigenvalue weighted by molar-refractivity contribution is 5.89. The summed E-state index contributed by atoms with van der Waals surface area (Å²) in [6.45, 7) is 0.303. The molecule has 0 saturated carbocycles. The van der Waals surface area contributed by atoms with Gasteiger partial charge in [-0.3, -0.25) is 4.79 Å². The molecule has 0 fully saturated rings. The summed E-state index contributed by atoms with van der Waals surface area (Å²) in [5.74, 6) is -0.629. The van der Waals surface area contributed by atoms with Crippen LogP contribution in [0.4, 0.5) is 0 Å². The number of nitrogens with two attached hydrogens (primary N) is 1. The maximum atomic E-state index is 11.2. The van der Waals surface area contributed by atoms with Crippen molar-refractivity contribution < 1.29 is 14.3 Å². The fourth-order valence-corrected chi connectivity index (χ4v) is 1.20. The lowest BCUT2D eigenvalue weighted by Crippen LogP contribution is -2.29. The zero-order valence-corrected chi connectivity index (χ0v) is 10.3. The molecule has 0 aromatic heterocycles. The molecule has 0 aliphatic heterocycles. The van der Waals surface area contributed by atoms with Crippen molar-refractivity contribution in [3.05, 3.63) is 35.4 Å². The monoisotopic (exact) mass is 258 g/mol. The average molecular weight is 259 g/mol. The second kappa shape index (κ2) is 7.65. The van der Waals surface area contributed by atoms with Gasteiger partial charge in [0.15, 0.2) is 0 Å². The molecule has 1 amide bonds. The van der Waals surface area contributed by atoms with Crippen LogP contribution in [0.15, 0.2) is 24.3 Å². The highest BCUT2D eigenvalue weighted by Gasteiger charge is 2.05. The van der Waals surface area contributed by atoms with E-state index < -0.39 is 5.97 Å². The standard InChI is InChI=1S/C11H14N2O3.ClH/c1-16-11(15)9-4-2-3-8(5-9)7-13-10(14)6-12;/h2-5H,6-7,12H2,1H3,(H,13,14);1H. The van der Waals surface area contributed by atoms with Gasteiger partial charge in [-0.25, -0.2) is 4.79 Å². The summed E-state index contributed by atoms with van der Waals surface area (Å²) in [6, 6.07) is 6.86. The van der Waals surface area contributed by atoms with Crippen LogP contribution in [0, 0.1) is 0 Å². The lowest BCUT2D eigenvalue weighted by atomic mass is 10.1. The van der Waals surface area contributed by atoms with Gasteiger partial charge in [0.1, 0.15) is 0 Å². The molecule has 0 radical (unpaired) electrons. The molecule has 0 aliphatic rings. The van der Waals surface area contributed by atoms with Crippen LogP contribution in [-0.2, 0) is 16.1 Å². The molecule has 0 unspecified atom stereocenters. The van der Waals surface area contributed by atoms with E-state index in [1.54, 1.807) is 18.2 Å². The van der Waals surface area contributed by atoms with Gasteiger partial charge in [0.05, 0.1) is 19.2 Å². The zero-order valence-electron chi connectivity index (χ0n) is 9.43. The minimum atomic E-state index is -0.396. The topological polar surface area (TPSA) is 81.4 Å². The molecular formula is C11H15ClN2O3. The highest BCUT2D eigenvalue weighted by atomic mass is 35.5. The van der Waals surface area contributed by atoms with Crippen LogP contribution < -0.4 is 11.1 Å². The van der Waals surface area contributed by atoms with Gasteiger partial charge in [0.2, 0.25) is 5.91 Å². The number of carbonyl (C=O) groups is 2. The number of hydrogen-bond donors (Lipinski definition) is 2. The number of methoxy groups -OCH3 is 1. The number of nitrogens with one attached hydrogen (secondary N) is 1. The van der Waals surface area contributed by atoms with Crippen molar-refractivity contribution in [3.63, 3.8) is 0 Å². The van der Waals surface area contributed by atoms with Crippen molar-refractivity contribution in [1.82, 2.24) is 5.32 Å². The number of ether oxygens (including phenoxy) is 1. The van der Waals surface area contributed by atoms with E-state index in [2.05, 4.69) is 10.1 Å². The van der Waals surface area contributed by atoms with Crippen molar-refractivity contribution in [2.24, 2.45) is 5.73 Å². The fraction of sp³-hybridized carbons (Fsp3) is 0.273. The lowest BCUT2D eigenvalue weighted by molar-refractivity contribution is -0.119. The number of carbonyl (C=O) groups excluding carboxylic acids is 2. The summed E-state index contributed by atoms with van der Waals surface area (Å²) in [5.41, 5.74) is 6.43. The first kappa shape index (κ1) is 15.4. The smallest absolute Gasteiger partial charge is 0.337 e. The summed E-state index contributed by atoms with van der Waals surface area (Å²) in [6.07, 6.45) is 0. The molecule has 5 nitrogen and oxygen atoms in total. The Morgan fingerprint density at radius 2 is 2.12 bits per heavy atom. The first-order valence-corrected chi connectivity index (χ1v) is 4.81. The van der Waals surface area contributed by atoms with Crippen molar-refractivity contribution >= 4 is 24.3 Å². The molecule has 0 bridgehead atoms. The molecule has 17 heavy (non-hydrogen) atoms. The van der Waals surface area contributed by atoms with E-state index in [0.29, 0.717) is 12.1 Å². The molecule has 3 N–H and O–H groups in total. The fourth-order valence-electron chi connectivity index (χ4n) is 1.20. The van der Waals surface area contributed by atoms with E-state index in [1.165, 1.54) is 7.11 Å². The number of esters is 1. The Morgan fingerprint density at radius 1 is 1.41 bits per heavy atom. The van der Waals surface area contributed by atoms with E-state index in [1.807, 2.05) is 6.07 Å². The SMILES string of the molecule is COC(=O)c1cccc(CNC(=O)CN)c1.Cl.